The van der Waals surface area contributed by atoms with Crippen molar-refractivity contribution in [3.63, 3.8) is 0 Å². The Bertz CT molecular complexity index is 809. The lowest BCUT2D eigenvalue weighted by Crippen LogP contribution is -2.28. The number of hydrogen-bond donors (Lipinski definition) is 1. The number of hydrogen-bond acceptors (Lipinski definition) is 5. The number of nitrogens with one attached hydrogen (secondary N) is 1. The Hall–Kier alpha value is -2.67. The van der Waals surface area contributed by atoms with Gasteiger partial charge in [0.25, 0.3) is 5.95 Å². The van der Waals surface area contributed by atoms with E-state index < -0.39 is 0 Å². The van der Waals surface area contributed by atoms with Gasteiger partial charge in [-0.25, -0.2) is 19.3 Å². The summed E-state index contributed by atoms with van der Waals surface area (Å²) in [5.41, 5.74) is 0.779. The van der Waals surface area contributed by atoms with Gasteiger partial charge in [0, 0.05) is 23.9 Å². The van der Waals surface area contributed by atoms with Crippen molar-refractivity contribution in [1.82, 2.24) is 30.0 Å². The van der Waals surface area contributed by atoms with Crippen LogP contribution in [0.1, 0.15) is 24.6 Å². The van der Waals surface area contributed by atoms with Gasteiger partial charge in [0.05, 0.1) is 0 Å². The number of halogens is 1. The van der Waals surface area contributed by atoms with Gasteiger partial charge in [-0.1, -0.05) is 0 Å². The van der Waals surface area contributed by atoms with Crippen molar-refractivity contribution in [2.45, 2.75) is 18.8 Å². The fourth-order valence-corrected chi connectivity index (χ4v) is 2.94. The Morgan fingerprint density at radius 3 is 2.46 bits per heavy atom. The first-order chi connectivity index (χ1) is 11.8. The molecule has 2 aromatic heterocycles. The van der Waals surface area contributed by atoms with E-state index in [-0.39, 0.29) is 5.82 Å². The predicted molar refractivity (Wildman–Crippen MR) is 87.2 cm³/mol. The number of benzene rings is 1. The smallest absolute Gasteiger partial charge is 0.252 e. The summed E-state index contributed by atoms with van der Waals surface area (Å²) in [6.07, 6.45) is 5.37. The second kappa shape index (κ2) is 6.45. The zero-order chi connectivity index (χ0) is 16.4. The third kappa shape index (κ3) is 2.90. The highest BCUT2D eigenvalue weighted by atomic mass is 19.1. The van der Waals surface area contributed by atoms with E-state index in [0.717, 1.165) is 37.3 Å². The lowest BCUT2D eigenvalue weighted by Gasteiger charge is -2.21. The topological polar surface area (TPSA) is 68.5 Å². The van der Waals surface area contributed by atoms with Crippen molar-refractivity contribution in [1.29, 1.82) is 0 Å². The summed E-state index contributed by atoms with van der Waals surface area (Å²) in [6.45, 7) is 1.91. The molecule has 1 N–H and O–H groups in total. The molecule has 3 aromatic rings. The molecule has 1 aliphatic heterocycles. The van der Waals surface area contributed by atoms with Crippen molar-refractivity contribution in [2.75, 3.05) is 13.1 Å². The maximum atomic E-state index is 13.2. The van der Waals surface area contributed by atoms with Gasteiger partial charge in [0.2, 0.25) is 0 Å². The van der Waals surface area contributed by atoms with E-state index in [1.807, 2.05) is 0 Å². The first-order valence-electron chi connectivity index (χ1n) is 8.02. The van der Waals surface area contributed by atoms with Crippen LogP contribution in [0, 0.1) is 5.82 Å². The lowest BCUT2D eigenvalue weighted by molar-refractivity contribution is 0.437. The van der Waals surface area contributed by atoms with E-state index in [9.17, 15) is 4.39 Å². The molecular weight excluding hydrogens is 307 g/mol. The van der Waals surface area contributed by atoms with Crippen LogP contribution in [0.15, 0.2) is 42.7 Å². The maximum Gasteiger partial charge on any atom is 0.252 e. The molecule has 1 aromatic carbocycles. The summed E-state index contributed by atoms with van der Waals surface area (Å²) in [4.78, 5) is 13.3. The molecule has 1 aliphatic rings. The van der Waals surface area contributed by atoms with Crippen LogP contribution in [0.3, 0.4) is 0 Å². The van der Waals surface area contributed by atoms with E-state index in [4.69, 9.17) is 4.98 Å². The van der Waals surface area contributed by atoms with Crippen LogP contribution in [0.2, 0.25) is 0 Å². The molecule has 24 heavy (non-hydrogen) atoms. The first kappa shape index (κ1) is 14.9. The molecule has 0 radical (unpaired) electrons. The predicted octanol–water partition coefficient (Wildman–Crippen LogP) is 2.33. The minimum atomic E-state index is -0.275. The zero-order valence-corrected chi connectivity index (χ0v) is 13.1. The fourth-order valence-electron chi connectivity index (χ4n) is 2.94. The molecule has 0 bridgehead atoms. The van der Waals surface area contributed by atoms with Crippen molar-refractivity contribution in [2.24, 2.45) is 0 Å². The van der Waals surface area contributed by atoms with E-state index in [0.29, 0.717) is 17.7 Å². The summed E-state index contributed by atoms with van der Waals surface area (Å²) < 4.78 is 14.9. The number of rotatable bonds is 3. The van der Waals surface area contributed by atoms with Gasteiger partial charge in [-0.2, -0.15) is 4.68 Å². The Morgan fingerprint density at radius 2 is 1.75 bits per heavy atom. The molecule has 0 saturated carbocycles. The zero-order valence-electron chi connectivity index (χ0n) is 13.1. The molecule has 0 atom stereocenters. The summed E-state index contributed by atoms with van der Waals surface area (Å²) in [5.74, 6) is 1.96. The molecule has 122 valence electrons. The Balaban J connectivity index is 1.79. The molecule has 0 aliphatic carbocycles. The molecule has 7 heteroatoms. The molecule has 0 unspecified atom stereocenters. The van der Waals surface area contributed by atoms with Gasteiger partial charge < -0.3 is 5.32 Å². The van der Waals surface area contributed by atoms with Crippen LogP contribution in [-0.2, 0) is 0 Å². The molecular formula is C17H17FN6. The molecule has 1 fully saturated rings. The van der Waals surface area contributed by atoms with Crippen LogP contribution < -0.4 is 5.32 Å². The highest BCUT2D eigenvalue weighted by molar-refractivity contribution is 5.54. The number of nitrogens with zero attached hydrogens (tertiary/aromatic N) is 5. The minimum absolute atomic E-state index is 0.275. The standard InChI is InChI=1S/C17H17FN6/c18-14-4-2-12(3-5-14)15-22-16(13-6-10-19-11-7-13)24(23-15)17-20-8-1-9-21-17/h1-5,8-9,13,19H,6-7,10-11H2. The van der Waals surface area contributed by atoms with Crippen molar-refractivity contribution in [3.8, 4) is 17.3 Å². The number of piperidine rings is 1. The summed E-state index contributed by atoms with van der Waals surface area (Å²) in [7, 11) is 0. The van der Waals surface area contributed by atoms with E-state index >= 15 is 0 Å². The highest BCUT2D eigenvalue weighted by Crippen LogP contribution is 2.27. The summed E-state index contributed by atoms with van der Waals surface area (Å²) in [5, 5.41) is 7.95. The minimum Gasteiger partial charge on any atom is -0.317 e. The first-order valence-corrected chi connectivity index (χ1v) is 8.02. The van der Waals surface area contributed by atoms with E-state index in [2.05, 4.69) is 20.4 Å². The van der Waals surface area contributed by atoms with Crippen molar-refractivity contribution < 1.29 is 4.39 Å². The van der Waals surface area contributed by atoms with E-state index in [1.54, 1.807) is 35.3 Å². The van der Waals surface area contributed by atoms with Gasteiger partial charge in [0.15, 0.2) is 5.82 Å². The Kier molecular flexibility index (Phi) is 4.00. The normalized spacial score (nSPS) is 15.5. The molecule has 0 amide bonds. The molecule has 6 nitrogen and oxygen atoms in total. The fraction of sp³-hybridized carbons (Fsp3) is 0.294. The van der Waals surface area contributed by atoms with E-state index in [1.165, 1.54) is 12.1 Å². The average Bonchev–Trinajstić information content (AvgIpc) is 3.09. The second-order valence-electron chi connectivity index (χ2n) is 5.79. The summed E-state index contributed by atoms with van der Waals surface area (Å²) >= 11 is 0. The van der Waals surface area contributed by atoms with Crippen LogP contribution in [0.5, 0.6) is 0 Å². The van der Waals surface area contributed by atoms with Gasteiger partial charge >= 0.3 is 0 Å². The Labute approximate surface area is 138 Å². The second-order valence-corrected chi connectivity index (χ2v) is 5.79. The van der Waals surface area contributed by atoms with Gasteiger partial charge in [-0.15, -0.1) is 5.10 Å². The largest absolute Gasteiger partial charge is 0.317 e. The third-order valence-electron chi connectivity index (χ3n) is 4.18. The molecule has 3 heterocycles. The number of aromatic nitrogens is 5. The van der Waals surface area contributed by atoms with Crippen LogP contribution in [-0.4, -0.2) is 37.8 Å². The highest BCUT2D eigenvalue weighted by Gasteiger charge is 2.24. The summed E-state index contributed by atoms with van der Waals surface area (Å²) in [6, 6.07) is 7.98. The van der Waals surface area contributed by atoms with Crippen LogP contribution >= 0.6 is 0 Å². The Morgan fingerprint density at radius 1 is 1.04 bits per heavy atom. The maximum absolute atomic E-state index is 13.2. The van der Waals surface area contributed by atoms with Crippen molar-refractivity contribution in [3.05, 3.63) is 54.4 Å². The monoisotopic (exact) mass is 324 g/mol. The van der Waals surface area contributed by atoms with Gasteiger partial charge in [-0.05, 0) is 56.3 Å². The lowest BCUT2D eigenvalue weighted by atomic mass is 9.97. The van der Waals surface area contributed by atoms with Crippen LogP contribution in [0.25, 0.3) is 17.3 Å². The van der Waals surface area contributed by atoms with Gasteiger partial charge in [0.1, 0.15) is 11.6 Å². The molecule has 0 spiro atoms. The average molecular weight is 324 g/mol. The third-order valence-corrected chi connectivity index (χ3v) is 4.18. The quantitative estimate of drug-likeness (QED) is 0.801. The SMILES string of the molecule is Fc1ccc(-c2nc(C3CCNCC3)n(-c3ncccn3)n2)cc1. The van der Waals surface area contributed by atoms with Crippen LogP contribution in [0.4, 0.5) is 4.39 Å². The molecule has 1 saturated heterocycles. The van der Waals surface area contributed by atoms with Crippen molar-refractivity contribution >= 4 is 0 Å². The molecule has 4 rings (SSSR count). The van der Waals surface area contributed by atoms with Gasteiger partial charge in [-0.3, -0.25) is 0 Å².